The number of urea groups is 1. The zero-order valence-corrected chi connectivity index (χ0v) is 17.4. The van der Waals surface area contributed by atoms with Crippen molar-refractivity contribution >= 4 is 27.5 Å². The second-order valence-corrected chi connectivity index (χ2v) is 9.49. The van der Waals surface area contributed by atoms with E-state index in [4.69, 9.17) is 10.5 Å². The van der Waals surface area contributed by atoms with E-state index in [2.05, 4.69) is 25.5 Å². The molecular formula is C20H27N5O3S. The van der Waals surface area contributed by atoms with Crippen molar-refractivity contribution in [2.75, 3.05) is 25.5 Å². The number of carbonyl (C=O) groups excluding carboxylic acids is 1. The Hall–Kier alpha value is -2.39. The molecule has 0 spiro atoms. The molecule has 0 radical (unpaired) electrons. The number of carbonyl (C=O) groups is 1. The minimum Gasteiger partial charge on any atom is -0.477 e. The molecule has 1 unspecified atom stereocenters. The van der Waals surface area contributed by atoms with Gasteiger partial charge in [-0.1, -0.05) is 6.07 Å². The van der Waals surface area contributed by atoms with E-state index in [1.807, 2.05) is 0 Å². The van der Waals surface area contributed by atoms with E-state index in [1.165, 1.54) is 29.3 Å². The van der Waals surface area contributed by atoms with Crippen LogP contribution in [0.25, 0.3) is 0 Å². The summed E-state index contributed by atoms with van der Waals surface area (Å²) in [5.74, 6) is 0.177. The highest BCUT2D eigenvalue weighted by molar-refractivity contribution is 7.96. The first-order valence-corrected chi connectivity index (χ1v) is 11.6. The largest absolute Gasteiger partial charge is 0.477 e. The number of hydrogen-bond donors (Lipinski definition) is 3. The van der Waals surface area contributed by atoms with Gasteiger partial charge in [0, 0.05) is 24.9 Å². The van der Waals surface area contributed by atoms with Crippen LogP contribution in [-0.2, 0) is 40.3 Å². The first-order chi connectivity index (χ1) is 14.1. The average molecular weight is 418 g/mol. The number of fused-ring (bicyclic) bond motifs is 2. The van der Waals surface area contributed by atoms with Crippen LogP contribution in [0.3, 0.4) is 0 Å². The maximum atomic E-state index is 13.4. The summed E-state index contributed by atoms with van der Waals surface area (Å²) in [6, 6.07) is 1.64. The lowest BCUT2D eigenvalue weighted by atomic mass is 9.99. The third kappa shape index (κ3) is 3.76. The topological polar surface area (TPSA) is 118 Å². The SMILES string of the molecule is CNS(=O)(=NC(=O)Nc1c2c(cc3c1CCC3)CCC2)C(=CN)C1=NCCCO1. The Morgan fingerprint density at radius 2 is 1.90 bits per heavy atom. The summed E-state index contributed by atoms with van der Waals surface area (Å²) in [5, 5.41) is 2.94. The van der Waals surface area contributed by atoms with Gasteiger partial charge in [-0.05, 0) is 67.8 Å². The van der Waals surface area contributed by atoms with Crippen LogP contribution in [0.2, 0.25) is 0 Å². The van der Waals surface area contributed by atoms with Crippen molar-refractivity contribution in [3.8, 4) is 0 Å². The Labute approximate surface area is 171 Å². The van der Waals surface area contributed by atoms with Gasteiger partial charge in [-0.3, -0.25) is 4.99 Å². The first-order valence-electron chi connectivity index (χ1n) is 10.1. The van der Waals surface area contributed by atoms with E-state index in [1.54, 1.807) is 0 Å². The number of amides is 2. The Bertz CT molecular complexity index is 989. The number of hydrogen-bond acceptors (Lipinski definition) is 5. The summed E-state index contributed by atoms with van der Waals surface area (Å²) >= 11 is 0. The quantitative estimate of drug-likeness (QED) is 0.697. The van der Waals surface area contributed by atoms with Gasteiger partial charge in [0.05, 0.1) is 6.61 Å². The highest BCUT2D eigenvalue weighted by Crippen LogP contribution is 2.38. The lowest BCUT2D eigenvalue weighted by molar-refractivity contribution is 0.260. The van der Waals surface area contributed by atoms with Crippen LogP contribution in [0.15, 0.2) is 26.5 Å². The fraction of sp³-hybridized carbons (Fsp3) is 0.500. The van der Waals surface area contributed by atoms with Crippen LogP contribution in [-0.4, -0.2) is 36.3 Å². The van der Waals surface area contributed by atoms with Gasteiger partial charge in [-0.2, -0.15) is 0 Å². The number of benzene rings is 1. The molecule has 2 amide bonds. The molecule has 1 atom stereocenters. The molecule has 29 heavy (non-hydrogen) atoms. The predicted octanol–water partition coefficient (Wildman–Crippen LogP) is 2.42. The van der Waals surface area contributed by atoms with Crippen molar-refractivity contribution in [2.24, 2.45) is 15.1 Å². The molecule has 1 aliphatic heterocycles. The molecule has 9 heteroatoms. The molecule has 4 rings (SSSR count). The van der Waals surface area contributed by atoms with Crippen LogP contribution < -0.4 is 15.8 Å². The summed E-state index contributed by atoms with van der Waals surface area (Å²) in [4.78, 5) is 17.2. The van der Waals surface area contributed by atoms with Crippen molar-refractivity contribution in [1.29, 1.82) is 0 Å². The Morgan fingerprint density at radius 1 is 1.21 bits per heavy atom. The number of nitrogens with zero attached hydrogens (tertiary/aromatic N) is 2. The Kier molecular flexibility index (Phi) is 5.60. The molecule has 0 aromatic heterocycles. The lowest BCUT2D eigenvalue weighted by Crippen LogP contribution is -2.30. The van der Waals surface area contributed by atoms with Crippen LogP contribution in [0, 0.1) is 0 Å². The first kappa shape index (κ1) is 19.9. The second-order valence-electron chi connectivity index (χ2n) is 7.41. The van der Waals surface area contributed by atoms with Crippen molar-refractivity contribution in [2.45, 2.75) is 44.9 Å². The molecule has 1 heterocycles. The van der Waals surface area contributed by atoms with E-state index in [9.17, 15) is 9.00 Å². The number of rotatable bonds is 4. The minimum atomic E-state index is -3.32. The molecule has 0 bridgehead atoms. The third-order valence-electron chi connectivity index (χ3n) is 5.65. The number of aryl methyl sites for hydroxylation is 2. The van der Waals surface area contributed by atoms with E-state index >= 15 is 0 Å². The van der Waals surface area contributed by atoms with Crippen molar-refractivity contribution in [3.05, 3.63) is 39.4 Å². The smallest absolute Gasteiger partial charge is 0.354 e. The van der Waals surface area contributed by atoms with Gasteiger partial charge in [0.2, 0.25) is 5.90 Å². The van der Waals surface area contributed by atoms with E-state index in [0.29, 0.717) is 13.2 Å². The fourth-order valence-corrected chi connectivity index (χ4v) is 5.54. The van der Waals surface area contributed by atoms with Crippen LogP contribution >= 0.6 is 0 Å². The molecule has 1 aromatic carbocycles. The predicted molar refractivity (Wildman–Crippen MR) is 114 cm³/mol. The number of ether oxygens (including phenoxy) is 1. The zero-order chi connectivity index (χ0) is 20.4. The van der Waals surface area contributed by atoms with Gasteiger partial charge in [0.25, 0.3) is 0 Å². The Morgan fingerprint density at radius 3 is 2.45 bits per heavy atom. The van der Waals surface area contributed by atoms with Gasteiger partial charge in [-0.15, -0.1) is 4.36 Å². The molecule has 4 N–H and O–H groups in total. The zero-order valence-electron chi connectivity index (χ0n) is 16.6. The number of anilines is 1. The van der Waals surface area contributed by atoms with Crippen LogP contribution in [0.4, 0.5) is 10.5 Å². The second kappa shape index (κ2) is 8.16. The highest BCUT2D eigenvalue weighted by Gasteiger charge is 2.27. The standard InChI is InChI=1S/C20H27N5O3S/c1-22-29(27,17(12-21)19-23-9-4-10-28-19)25-20(26)24-18-15-7-2-5-13(15)11-14-6-3-8-16(14)18/h11-12H,2-10,21H2,1H3,(H2,22,24,25,26,27). The molecule has 3 aliphatic rings. The van der Waals surface area contributed by atoms with E-state index in [-0.39, 0.29) is 10.8 Å². The van der Waals surface area contributed by atoms with E-state index < -0.39 is 15.9 Å². The van der Waals surface area contributed by atoms with Gasteiger partial charge in [0.1, 0.15) is 4.91 Å². The van der Waals surface area contributed by atoms with E-state index in [0.717, 1.165) is 56.8 Å². The average Bonchev–Trinajstić information content (AvgIpc) is 3.38. The summed E-state index contributed by atoms with van der Waals surface area (Å²) in [6.45, 7) is 1.02. The van der Waals surface area contributed by atoms with Gasteiger partial charge >= 0.3 is 6.03 Å². The van der Waals surface area contributed by atoms with Crippen LogP contribution in [0.5, 0.6) is 0 Å². The maximum Gasteiger partial charge on any atom is 0.354 e. The monoisotopic (exact) mass is 417 g/mol. The molecule has 0 saturated carbocycles. The Balaban J connectivity index is 1.67. The molecule has 0 fully saturated rings. The van der Waals surface area contributed by atoms with Gasteiger partial charge in [0.15, 0.2) is 9.92 Å². The summed E-state index contributed by atoms with van der Waals surface area (Å²) in [6.07, 6.45) is 8.06. The number of nitrogens with two attached hydrogens (primary N) is 1. The van der Waals surface area contributed by atoms with Gasteiger partial charge < -0.3 is 15.8 Å². The third-order valence-corrected chi connectivity index (χ3v) is 7.53. The summed E-state index contributed by atoms with van der Waals surface area (Å²) in [5.41, 5.74) is 11.6. The number of nitrogens with one attached hydrogen (secondary N) is 2. The molecule has 1 aromatic rings. The van der Waals surface area contributed by atoms with Crippen LogP contribution in [0.1, 0.15) is 41.5 Å². The molecule has 0 saturated heterocycles. The maximum absolute atomic E-state index is 13.4. The molecule has 156 valence electrons. The molecular weight excluding hydrogens is 390 g/mol. The summed E-state index contributed by atoms with van der Waals surface area (Å²) in [7, 11) is -1.85. The fourth-order valence-electron chi connectivity index (χ4n) is 4.31. The molecule has 8 nitrogen and oxygen atoms in total. The lowest BCUT2D eigenvalue weighted by Gasteiger charge is -2.19. The minimum absolute atomic E-state index is 0.0957. The molecule has 2 aliphatic carbocycles. The highest BCUT2D eigenvalue weighted by atomic mass is 32.2. The van der Waals surface area contributed by atoms with Crippen molar-refractivity contribution in [3.63, 3.8) is 0 Å². The number of aliphatic imine (C=N–C) groups is 1. The van der Waals surface area contributed by atoms with Crippen molar-refractivity contribution < 1.29 is 13.7 Å². The van der Waals surface area contributed by atoms with Crippen molar-refractivity contribution in [1.82, 2.24) is 4.72 Å². The van der Waals surface area contributed by atoms with Gasteiger partial charge in [-0.25, -0.2) is 13.7 Å². The summed E-state index contributed by atoms with van der Waals surface area (Å²) < 4.78 is 25.5. The normalized spacial score (nSPS) is 20.2.